The Kier molecular flexibility index (Phi) is 3.50. The molecule has 5 heteroatoms. The Morgan fingerprint density at radius 3 is 2.79 bits per heavy atom. The van der Waals surface area contributed by atoms with Crippen LogP contribution >= 0.6 is 23.2 Å². The summed E-state index contributed by atoms with van der Waals surface area (Å²) in [6, 6.07) is 4.82. The number of nitrogens with one attached hydrogen (secondary N) is 1. The molecule has 0 heterocycles. The van der Waals surface area contributed by atoms with E-state index in [4.69, 9.17) is 23.2 Å². The molecular formula is C14H14Cl2N2O. The average molecular weight is 297 g/mol. The summed E-state index contributed by atoms with van der Waals surface area (Å²) in [5, 5.41) is 5.13. The maximum Gasteiger partial charge on any atom is 0.272 e. The Morgan fingerprint density at radius 1 is 1.32 bits per heavy atom. The number of rotatable bonds is 2. The molecule has 2 fully saturated rings. The van der Waals surface area contributed by atoms with Crippen molar-refractivity contribution in [2.24, 2.45) is 16.9 Å². The van der Waals surface area contributed by atoms with Gasteiger partial charge in [0.2, 0.25) is 0 Å². The Labute approximate surface area is 122 Å². The highest BCUT2D eigenvalue weighted by molar-refractivity contribution is 6.36. The molecule has 1 N–H and O–H groups in total. The van der Waals surface area contributed by atoms with Crippen molar-refractivity contribution in [3.63, 3.8) is 0 Å². The highest BCUT2D eigenvalue weighted by Crippen LogP contribution is 2.42. The number of carbonyl (C=O) groups is 1. The lowest BCUT2D eigenvalue weighted by Gasteiger charge is -2.11. The van der Waals surface area contributed by atoms with Crippen LogP contribution in [0.3, 0.4) is 0 Å². The fourth-order valence-electron chi connectivity index (χ4n) is 3.02. The van der Waals surface area contributed by atoms with E-state index in [9.17, 15) is 4.79 Å². The quantitative estimate of drug-likeness (QED) is 0.826. The summed E-state index contributed by atoms with van der Waals surface area (Å²) in [7, 11) is 0. The summed E-state index contributed by atoms with van der Waals surface area (Å²) in [5.74, 6) is 1.07. The molecule has 0 saturated heterocycles. The van der Waals surface area contributed by atoms with Crippen LogP contribution < -0.4 is 5.43 Å². The zero-order valence-corrected chi connectivity index (χ0v) is 11.8. The lowest BCUT2D eigenvalue weighted by atomic mass is 9.99. The zero-order valence-electron chi connectivity index (χ0n) is 10.3. The number of hydrazone groups is 1. The van der Waals surface area contributed by atoms with Gasteiger partial charge in [-0.3, -0.25) is 4.79 Å². The van der Waals surface area contributed by atoms with Crippen LogP contribution in [0.5, 0.6) is 0 Å². The summed E-state index contributed by atoms with van der Waals surface area (Å²) in [6.45, 7) is 0. The van der Waals surface area contributed by atoms with Crippen molar-refractivity contribution in [3.05, 3.63) is 33.8 Å². The maximum atomic E-state index is 12.0. The third kappa shape index (κ3) is 2.63. The topological polar surface area (TPSA) is 41.5 Å². The molecule has 1 aromatic carbocycles. The van der Waals surface area contributed by atoms with Crippen molar-refractivity contribution in [2.45, 2.75) is 25.7 Å². The van der Waals surface area contributed by atoms with Crippen molar-refractivity contribution in [2.75, 3.05) is 0 Å². The molecule has 1 aromatic rings. The number of fused-ring (bicyclic) bond motifs is 2. The van der Waals surface area contributed by atoms with Crippen LogP contribution in [0.25, 0.3) is 0 Å². The normalized spacial score (nSPS) is 26.9. The SMILES string of the molecule is O=C(N/N=C1\CC2CCC1C2)c1ccc(Cl)cc1Cl. The van der Waals surface area contributed by atoms with Crippen molar-refractivity contribution in [3.8, 4) is 0 Å². The summed E-state index contributed by atoms with van der Waals surface area (Å²) in [4.78, 5) is 12.0. The second-order valence-electron chi connectivity index (χ2n) is 5.25. The van der Waals surface area contributed by atoms with Gasteiger partial charge in [-0.05, 0) is 55.7 Å². The molecule has 3 rings (SSSR count). The first-order chi connectivity index (χ1) is 9.13. The van der Waals surface area contributed by atoms with Crippen LogP contribution in [0.4, 0.5) is 0 Å². The van der Waals surface area contributed by atoms with Gasteiger partial charge in [-0.1, -0.05) is 23.2 Å². The number of hydrogen-bond acceptors (Lipinski definition) is 2. The van der Waals surface area contributed by atoms with Gasteiger partial charge >= 0.3 is 0 Å². The fraction of sp³-hybridized carbons (Fsp3) is 0.429. The third-order valence-corrected chi connectivity index (χ3v) is 4.53. The highest BCUT2D eigenvalue weighted by atomic mass is 35.5. The van der Waals surface area contributed by atoms with Crippen LogP contribution in [0, 0.1) is 11.8 Å². The fourth-order valence-corrected chi connectivity index (χ4v) is 3.51. The molecule has 0 radical (unpaired) electrons. The molecule has 2 aliphatic rings. The maximum absolute atomic E-state index is 12.0. The van der Waals surface area contributed by atoms with Crippen LogP contribution in [0.1, 0.15) is 36.0 Å². The Bertz CT molecular complexity index is 556. The van der Waals surface area contributed by atoms with Crippen LogP contribution in [-0.2, 0) is 0 Å². The monoisotopic (exact) mass is 296 g/mol. The molecule has 2 unspecified atom stereocenters. The minimum absolute atomic E-state index is 0.281. The molecule has 1 amide bonds. The summed E-state index contributed by atoms with van der Waals surface area (Å²) >= 11 is 11.8. The number of nitrogens with zero attached hydrogens (tertiary/aromatic N) is 1. The average Bonchev–Trinajstić information content (AvgIpc) is 2.98. The second-order valence-corrected chi connectivity index (χ2v) is 6.09. The molecular weight excluding hydrogens is 283 g/mol. The van der Waals surface area contributed by atoms with Crippen molar-refractivity contribution in [1.29, 1.82) is 0 Å². The van der Waals surface area contributed by atoms with Gasteiger partial charge in [0, 0.05) is 10.7 Å². The van der Waals surface area contributed by atoms with Gasteiger partial charge in [0.1, 0.15) is 0 Å². The van der Waals surface area contributed by atoms with E-state index >= 15 is 0 Å². The van der Waals surface area contributed by atoms with Crippen molar-refractivity contribution < 1.29 is 4.79 Å². The number of hydrogen-bond donors (Lipinski definition) is 1. The zero-order chi connectivity index (χ0) is 13.4. The van der Waals surface area contributed by atoms with Gasteiger partial charge in [0.05, 0.1) is 10.6 Å². The van der Waals surface area contributed by atoms with Gasteiger partial charge in [0.15, 0.2) is 0 Å². The molecule has 2 bridgehead atoms. The molecule has 2 atom stereocenters. The first kappa shape index (κ1) is 12.9. The van der Waals surface area contributed by atoms with E-state index in [1.165, 1.54) is 19.3 Å². The largest absolute Gasteiger partial charge is 0.272 e. The van der Waals surface area contributed by atoms with Crippen LogP contribution in [-0.4, -0.2) is 11.6 Å². The highest BCUT2D eigenvalue weighted by Gasteiger charge is 2.36. The molecule has 0 spiro atoms. The predicted molar refractivity (Wildman–Crippen MR) is 76.8 cm³/mol. The van der Waals surface area contributed by atoms with E-state index in [-0.39, 0.29) is 5.91 Å². The van der Waals surface area contributed by atoms with E-state index in [2.05, 4.69) is 10.5 Å². The first-order valence-corrected chi connectivity index (χ1v) is 7.21. The van der Waals surface area contributed by atoms with Crippen molar-refractivity contribution in [1.82, 2.24) is 5.43 Å². The minimum Gasteiger partial charge on any atom is -0.267 e. The molecule has 3 nitrogen and oxygen atoms in total. The summed E-state index contributed by atoms with van der Waals surface area (Å²) < 4.78 is 0. The number of benzene rings is 1. The third-order valence-electron chi connectivity index (χ3n) is 3.99. The Hall–Kier alpha value is -1.06. The summed E-state index contributed by atoms with van der Waals surface area (Å²) in [5.41, 5.74) is 4.14. The summed E-state index contributed by atoms with van der Waals surface area (Å²) in [6.07, 6.45) is 4.78. The lowest BCUT2D eigenvalue weighted by Crippen LogP contribution is -2.22. The molecule has 19 heavy (non-hydrogen) atoms. The smallest absolute Gasteiger partial charge is 0.267 e. The van der Waals surface area contributed by atoms with Gasteiger partial charge in [-0.15, -0.1) is 0 Å². The number of amides is 1. The molecule has 2 aliphatic carbocycles. The number of halogens is 2. The Balaban J connectivity index is 1.70. The Morgan fingerprint density at radius 2 is 2.16 bits per heavy atom. The van der Waals surface area contributed by atoms with Crippen LogP contribution in [0.15, 0.2) is 23.3 Å². The van der Waals surface area contributed by atoms with E-state index in [1.54, 1.807) is 18.2 Å². The van der Waals surface area contributed by atoms with E-state index in [0.29, 0.717) is 21.5 Å². The standard InChI is InChI=1S/C14H14Cl2N2O/c15-10-3-4-11(12(16)7-10)14(19)18-17-13-6-8-1-2-9(13)5-8/h3-4,7-9H,1-2,5-6H2,(H,18,19)/b17-13+. The van der Waals surface area contributed by atoms with Crippen molar-refractivity contribution >= 4 is 34.8 Å². The van der Waals surface area contributed by atoms with E-state index in [1.807, 2.05) is 0 Å². The van der Waals surface area contributed by atoms with Gasteiger partial charge < -0.3 is 0 Å². The number of carbonyl (C=O) groups excluding carboxylic acids is 1. The molecule has 0 aliphatic heterocycles. The predicted octanol–water partition coefficient (Wildman–Crippen LogP) is 3.90. The molecule has 2 saturated carbocycles. The second kappa shape index (κ2) is 5.14. The molecule has 0 aromatic heterocycles. The minimum atomic E-state index is -0.281. The molecule has 100 valence electrons. The lowest BCUT2D eigenvalue weighted by molar-refractivity contribution is 0.0954. The first-order valence-electron chi connectivity index (χ1n) is 6.45. The van der Waals surface area contributed by atoms with E-state index in [0.717, 1.165) is 18.1 Å². The van der Waals surface area contributed by atoms with E-state index < -0.39 is 0 Å². The van der Waals surface area contributed by atoms with Gasteiger partial charge in [0.25, 0.3) is 5.91 Å². The van der Waals surface area contributed by atoms with Gasteiger partial charge in [-0.25, -0.2) is 5.43 Å². The van der Waals surface area contributed by atoms with Crippen LogP contribution in [0.2, 0.25) is 10.0 Å². The van der Waals surface area contributed by atoms with Gasteiger partial charge in [-0.2, -0.15) is 5.10 Å².